The van der Waals surface area contributed by atoms with Crippen LogP contribution in [0.25, 0.3) is 11.3 Å². The molecule has 1 aromatic carbocycles. The Hall–Kier alpha value is -1.98. The number of rotatable bonds is 8. The molecule has 0 saturated carbocycles. The summed E-state index contributed by atoms with van der Waals surface area (Å²) in [6, 6.07) is 8.44. The molecule has 1 unspecified atom stereocenters. The molecule has 0 spiro atoms. The molecular formula is C25H33N3OS. The van der Waals surface area contributed by atoms with Gasteiger partial charge in [-0.1, -0.05) is 43.3 Å². The molecule has 1 aliphatic carbocycles. The average Bonchev–Trinajstić information content (AvgIpc) is 3.22. The van der Waals surface area contributed by atoms with Crippen molar-refractivity contribution in [2.24, 2.45) is 5.92 Å². The van der Waals surface area contributed by atoms with Gasteiger partial charge in [0, 0.05) is 12.2 Å². The molecule has 4 rings (SSSR count). The monoisotopic (exact) mass is 423 g/mol. The lowest BCUT2D eigenvalue weighted by Crippen LogP contribution is -2.31. The van der Waals surface area contributed by atoms with Crippen LogP contribution in [0.4, 0.5) is 0 Å². The second kappa shape index (κ2) is 10.4. The number of hydrogen-bond acceptors (Lipinski definition) is 4. The number of benzene rings is 1. The van der Waals surface area contributed by atoms with E-state index < -0.39 is 0 Å². The van der Waals surface area contributed by atoms with Crippen molar-refractivity contribution in [2.45, 2.75) is 44.2 Å². The number of ether oxygens (including phenoxy) is 1. The van der Waals surface area contributed by atoms with E-state index in [2.05, 4.69) is 70.1 Å². The number of piperidine rings is 1. The fraction of sp³-hybridized carbons (Fsp3) is 0.480. The van der Waals surface area contributed by atoms with Gasteiger partial charge in [-0.3, -0.25) is 4.57 Å². The van der Waals surface area contributed by atoms with E-state index in [0.717, 1.165) is 48.3 Å². The summed E-state index contributed by atoms with van der Waals surface area (Å²) in [5.41, 5.74) is 3.53. The Kier molecular flexibility index (Phi) is 7.34. The smallest absolute Gasteiger partial charge is 0.172 e. The van der Waals surface area contributed by atoms with Gasteiger partial charge in [0.05, 0.1) is 18.5 Å². The quantitative estimate of drug-likeness (QED) is 0.395. The Balaban J connectivity index is 1.40. The van der Waals surface area contributed by atoms with Crippen LogP contribution in [0, 0.1) is 5.92 Å². The van der Waals surface area contributed by atoms with E-state index in [1.807, 2.05) is 6.20 Å². The largest absolute Gasteiger partial charge is 0.494 e. The van der Waals surface area contributed by atoms with Gasteiger partial charge in [-0.15, -0.1) is 0 Å². The maximum Gasteiger partial charge on any atom is 0.172 e. The van der Waals surface area contributed by atoms with Gasteiger partial charge in [-0.25, -0.2) is 4.98 Å². The summed E-state index contributed by atoms with van der Waals surface area (Å²) in [5, 5.41) is 1.01. The third-order valence-corrected chi connectivity index (χ3v) is 6.61. The van der Waals surface area contributed by atoms with E-state index in [1.165, 1.54) is 37.9 Å². The summed E-state index contributed by atoms with van der Waals surface area (Å²) in [6.45, 7) is 6.68. The zero-order chi connectivity index (χ0) is 20.8. The molecule has 5 heteroatoms. The summed E-state index contributed by atoms with van der Waals surface area (Å²) in [4.78, 5) is 7.21. The summed E-state index contributed by atoms with van der Waals surface area (Å²) < 4.78 is 8.25. The third kappa shape index (κ3) is 5.19. The van der Waals surface area contributed by atoms with Crippen molar-refractivity contribution in [3.8, 4) is 11.4 Å². The van der Waals surface area contributed by atoms with Crippen LogP contribution >= 0.6 is 11.8 Å². The van der Waals surface area contributed by atoms with E-state index in [0.29, 0.717) is 5.92 Å². The van der Waals surface area contributed by atoms with E-state index in [9.17, 15) is 0 Å². The highest BCUT2D eigenvalue weighted by atomic mass is 32.2. The van der Waals surface area contributed by atoms with E-state index >= 15 is 0 Å². The Morgan fingerprint density at radius 3 is 2.63 bits per heavy atom. The van der Waals surface area contributed by atoms with Crippen LogP contribution < -0.4 is 4.74 Å². The van der Waals surface area contributed by atoms with Gasteiger partial charge in [-0.2, -0.15) is 0 Å². The van der Waals surface area contributed by atoms with E-state index in [1.54, 1.807) is 11.8 Å². The molecule has 0 radical (unpaired) electrons. The van der Waals surface area contributed by atoms with Gasteiger partial charge in [0.2, 0.25) is 0 Å². The minimum absolute atomic E-state index is 0.608. The number of aromatic nitrogens is 2. The molecule has 2 aliphatic rings. The van der Waals surface area contributed by atoms with Crippen LogP contribution in [-0.2, 0) is 0 Å². The molecule has 30 heavy (non-hydrogen) atoms. The molecule has 1 fully saturated rings. The summed E-state index contributed by atoms with van der Waals surface area (Å²) in [6.07, 6.45) is 17.2. The predicted molar refractivity (Wildman–Crippen MR) is 127 cm³/mol. The number of allylic oxidation sites excluding steroid dienone is 4. The zero-order valence-electron chi connectivity index (χ0n) is 18.2. The second-order valence-electron chi connectivity index (χ2n) is 8.30. The van der Waals surface area contributed by atoms with Crippen molar-refractivity contribution in [3.63, 3.8) is 0 Å². The first-order chi connectivity index (χ1) is 14.7. The summed E-state index contributed by atoms with van der Waals surface area (Å²) >= 11 is 1.67. The molecule has 1 aliphatic heterocycles. The van der Waals surface area contributed by atoms with Gasteiger partial charge in [0.25, 0.3) is 0 Å². The van der Waals surface area contributed by atoms with Crippen molar-refractivity contribution >= 4 is 17.3 Å². The molecular weight excluding hydrogens is 390 g/mol. The third-order valence-electron chi connectivity index (χ3n) is 5.95. The van der Waals surface area contributed by atoms with Gasteiger partial charge in [0.15, 0.2) is 5.16 Å². The first-order valence-corrected chi connectivity index (χ1v) is 12.4. The Morgan fingerprint density at radius 1 is 1.13 bits per heavy atom. The van der Waals surface area contributed by atoms with Crippen molar-refractivity contribution < 1.29 is 4.74 Å². The van der Waals surface area contributed by atoms with Crippen LogP contribution in [0.3, 0.4) is 0 Å². The standard InChI is InChI=1S/C25H33N3OS/c1-20-7-9-21(10-8-20)24-19-26-25(30-2)28(24)22-11-13-23(14-12-22)29-18-6-17-27-15-4-3-5-16-27/h7,9-14,19-20H,3-6,8,15-18H2,1-2H3. The minimum Gasteiger partial charge on any atom is -0.494 e. The molecule has 0 bridgehead atoms. The number of hydrogen-bond donors (Lipinski definition) is 0. The Morgan fingerprint density at radius 2 is 1.93 bits per heavy atom. The average molecular weight is 424 g/mol. The topological polar surface area (TPSA) is 30.3 Å². The molecule has 160 valence electrons. The minimum atomic E-state index is 0.608. The van der Waals surface area contributed by atoms with E-state index in [-0.39, 0.29) is 0 Å². The molecule has 1 saturated heterocycles. The normalized spacial score (nSPS) is 19.7. The predicted octanol–water partition coefficient (Wildman–Crippen LogP) is 5.83. The maximum atomic E-state index is 6.01. The highest BCUT2D eigenvalue weighted by Gasteiger charge is 2.16. The number of likely N-dealkylation sites (tertiary alicyclic amines) is 1. The first kappa shape index (κ1) is 21.3. The summed E-state index contributed by atoms with van der Waals surface area (Å²) in [7, 11) is 0. The maximum absolute atomic E-state index is 6.01. The van der Waals surface area contributed by atoms with Crippen molar-refractivity contribution in [3.05, 3.63) is 54.4 Å². The van der Waals surface area contributed by atoms with Gasteiger partial charge >= 0.3 is 0 Å². The zero-order valence-corrected chi connectivity index (χ0v) is 19.0. The van der Waals surface area contributed by atoms with E-state index in [4.69, 9.17) is 4.74 Å². The molecule has 2 aromatic rings. The molecule has 2 heterocycles. The van der Waals surface area contributed by atoms with Crippen molar-refractivity contribution in [2.75, 3.05) is 32.5 Å². The fourth-order valence-corrected chi connectivity index (χ4v) is 4.75. The van der Waals surface area contributed by atoms with Crippen LogP contribution in [-0.4, -0.2) is 46.9 Å². The second-order valence-corrected chi connectivity index (χ2v) is 9.07. The van der Waals surface area contributed by atoms with Gasteiger partial charge < -0.3 is 9.64 Å². The summed E-state index contributed by atoms with van der Waals surface area (Å²) in [5.74, 6) is 1.55. The Bertz CT molecular complexity index is 878. The van der Waals surface area contributed by atoms with Crippen molar-refractivity contribution in [1.29, 1.82) is 0 Å². The Labute approximate surface area is 185 Å². The fourth-order valence-electron chi connectivity index (χ4n) is 4.20. The van der Waals surface area contributed by atoms with Gasteiger partial charge in [0.1, 0.15) is 5.75 Å². The number of imidazole rings is 1. The van der Waals surface area contributed by atoms with Crippen molar-refractivity contribution in [1.82, 2.24) is 14.5 Å². The highest BCUT2D eigenvalue weighted by Crippen LogP contribution is 2.30. The molecule has 0 amide bonds. The lowest BCUT2D eigenvalue weighted by Gasteiger charge is -2.26. The lowest BCUT2D eigenvalue weighted by molar-refractivity contribution is 0.205. The van der Waals surface area contributed by atoms with Crippen LogP contribution in [0.2, 0.25) is 0 Å². The van der Waals surface area contributed by atoms with Gasteiger partial charge in [-0.05, 0) is 80.8 Å². The molecule has 1 atom stereocenters. The van der Waals surface area contributed by atoms with Crippen LogP contribution in [0.1, 0.15) is 44.7 Å². The van der Waals surface area contributed by atoms with Crippen LogP contribution in [0.15, 0.2) is 53.8 Å². The SMILES string of the molecule is CSc1ncc(C2=CCC(C)C=C2)n1-c1ccc(OCCCN2CCCCC2)cc1. The highest BCUT2D eigenvalue weighted by molar-refractivity contribution is 7.98. The molecule has 4 nitrogen and oxygen atoms in total. The van der Waals surface area contributed by atoms with Crippen LogP contribution in [0.5, 0.6) is 5.75 Å². The first-order valence-electron chi connectivity index (χ1n) is 11.2. The lowest BCUT2D eigenvalue weighted by atomic mass is 9.97. The molecule has 0 N–H and O–H groups in total. The molecule has 1 aromatic heterocycles. The number of nitrogens with zero attached hydrogens (tertiary/aromatic N) is 3. The number of thioether (sulfide) groups is 1.